The van der Waals surface area contributed by atoms with Crippen LogP contribution in [0.1, 0.15) is 6.42 Å². The van der Waals surface area contributed by atoms with Crippen molar-refractivity contribution >= 4 is 5.91 Å². The van der Waals surface area contributed by atoms with Crippen molar-refractivity contribution in [1.29, 1.82) is 0 Å². The molecule has 1 amide bonds. The zero-order chi connectivity index (χ0) is 5.98. The molecule has 0 aromatic carbocycles. The lowest BCUT2D eigenvalue weighted by Crippen LogP contribution is -2.35. The zero-order valence-electron chi connectivity index (χ0n) is 4.33. The number of rotatable bonds is 0. The first-order valence-electron chi connectivity index (χ1n) is 2.37. The van der Waals surface area contributed by atoms with Crippen molar-refractivity contribution in [3.8, 4) is 0 Å². The molecule has 0 aliphatic carbocycles. The third-order valence-electron chi connectivity index (χ3n) is 0.962. The van der Waals surface area contributed by atoms with E-state index in [0.29, 0.717) is 11.7 Å². The largest absolute Gasteiger partial charge is 0.358 e. The molecule has 1 aliphatic heterocycles. The molecule has 1 fully saturated rings. The van der Waals surface area contributed by atoms with Crippen molar-refractivity contribution in [2.45, 2.75) is 6.42 Å². The summed E-state index contributed by atoms with van der Waals surface area (Å²) in [4.78, 5) is 10.4. The van der Waals surface area contributed by atoms with Gasteiger partial charge in [-0.05, 0) is 0 Å². The van der Waals surface area contributed by atoms with E-state index < -0.39 is 0 Å². The van der Waals surface area contributed by atoms with E-state index in [1.54, 1.807) is 0 Å². The van der Waals surface area contributed by atoms with E-state index in [-0.39, 0.29) is 19.1 Å². The van der Waals surface area contributed by atoms with E-state index in [1.807, 2.05) is 0 Å². The topological polar surface area (TPSA) is 49.8 Å². The van der Waals surface area contributed by atoms with E-state index in [2.05, 4.69) is 0 Å². The van der Waals surface area contributed by atoms with Crippen LogP contribution in [0.3, 0.4) is 0 Å². The maximum Gasteiger partial charge on any atom is 0.250 e. The van der Waals surface area contributed by atoms with Crippen LogP contribution in [-0.2, 0) is 9.53 Å². The van der Waals surface area contributed by atoms with Crippen LogP contribution >= 0.6 is 0 Å². The van der Waals surface area contributed by atoms with Gasteiger partial charge in [0.1, 0.15) is 6.73 Å². The Morgan fingerprint density at radius 3 is 2.88 bits per heavy atom. The Balaban J connectivity index is 2.39. The molecule has 1 aliphatic rings. The van der Waals surface area contributed by atoms with Gasteiger partial charge >= 0.3 is 0 Å². The molecular formula is C4H7NO3. The van der Waals surface area contributed by atoms with Gasteiger partial charge in [0.25, 0.3) is 0 Å². The van der Waals surface area contributed by atoms with Crippen LogP contribution in [0.25, 0.3) is 0 Å². The molecule has 0 radical (unpaired) electrons. The van der Waals surface area contributed by atoms with E-state index in [1.165, 1.54) is 0 Å². The minimum atomic E-state index is -0.267. The van der Waals surface area contributed by atoms with Gasteiger partial charge in [0.05, 0.1) is 13.0 Å². The van der Waals surface area contributed by atoms with Crippen molar-refractivity contribution in [2.75, 3.05) is 13.3 Å². The van der Waals surface area contributed by atoms with Crippen LogP contribution < -0.4 is 0 Å². The highest BCUT2D eigenvalue weighted by molar-refractivity contribution is 5.75. The molecule has 0 aromatic heterocycles. The van der Waals surface area contributed by atoms with Gasteiger partial charge in [0.2, 0.25) is 5.91 Å². The third kappa shape index (κ3) is 0.962. The Kier molecular flexibility index (Phi) is 1.45. The second-order valence-corrected chi connectivity index (χ2v) is 1.58. The zero-order valence-corrected chi connectivity index (χ0v) is 4.33. The number of hydrogen-bond acceptors (Lipinski definition) is 3. The lowest BCUT2D eigenvalue weighted by molar-refractivity contribution is -0.201. The fourth-order valence-electron chi connectivity index (χ4n) is 0.512. The summed E-state index contributed by atoms with van der Waals surface area (Å²) in [5, 5.41) is 9.11. The van der Waals surface area contributed by atoms with Gasteiger partial charge in [-0.3, -0.25) is 10.0 Å². The normalized spacial score (nSPS) is 21.6. The van der Waals surface area contributed by atoms with Crippen molar-refractivity contribution in [2.24, 2.45) is 0 Å². The maximum atomic E-state index is 10.4. The summed E-state index contributed by atoms with van der Waals surface area (Å²) >= 11 is 0. The average molecular weight is 117 g/mol. The lowest BCUT2D eigenvalue weighted by Gasteiger charge is -2.19. The van der Waals surface area contributed by atoms with Gasteiger partial charge in [-0.15, -0.1) is 0 Å². The molecule has 0 unspecified atom stereocenters. The van der Waals surface area contributed by atoms with Gasteiger partial charge in [-0.1, -0.05) is 0 Å². The molecule has 0 bridgehead atoms. The number of nitrogens with zero attached hydrogens (tertiary/aromatic N) is 1. The molecule has 0 aromatic rings. The molecule has 0 saturated carbocycles. The van der Waals surface area contributed by atoms with E-state index in [9.17, 15) is 4.79 Å². The number of carbonyl (C=O) groups excluding carboxylic acids is 1. The minimum Gasteiger partial charge on any atom is -0.358 e. The SMILES string of the molecule is O=C1CCOCN1O. The molecule has 0 atom stereocenters. The molecule has 4 nitrogen and oxygen atoms in total. The van der Waals surface area contributed by atoms with Crippen LogP contribution in [0, 0.1) is 0 Å². The van der Waals surface area contributed by atoms with Crippen molar-refractivity contribution in [1.82, 2.24) is 5.06 Å². The van der Waals surface area contributed by atoms with Gasteiger partial charge < -0.3 is 4.74 Å². The molecule has 4 heteroatoms. The monoisotopic (exact) mass is 117 g/mol. The average Bonchev–Trinajstić information content (AvgIpc) is 1.77. The van der Waals surface area contributed by atoms with Gasteiger partial charge in [0.15, 0.2) is 0 Å². The molecule has 0 spiro atoms. The Morgan fingerprint density at radius 1 is 1.75 bits per heavy atom. The van der Waals surface area contributed by atoms with Gasteiger partial charge in [0, 0.05) is 0 Å². The standard InChI is InChI=1S/C4H7NO3/c6-4-1-2-8-3-5(4)7/h7H,1-3H2. The van der Waals surface area contributed by atoms with E-state index >= 15 is 0 Å². The third-order valence-corrected chi connectivity index (χ3v) is 0.962. The smallest absolute Gasteiger partial charge is 0.250 e. The fourth-order valence-corrected chi connectivity index (χ4v) is 0.512. The van der Waals surface area contributed by atoms with Crippen LogP contribution in [0.5, 0.6) is 0 Å². The number of amides is 1. The van der Waals surface area contributed by atoms with E-state index in [0.717, 1.165) is 0 Å². The van der Waals surface area contributed by atoms with Crippen LogP contribution in [0.4, 0.5) is 0 Å². The first-order chi connectivity index (χ1) is 3.80. The molecule has 1 N–H and O–H groups in total. The quantitative estimate of drug-likeness (QED) is 0.438. The molecule has 1 heterocycles. The molecule has 8 heavy (non-hydrogen) atoms. The summed E-state index contributed by atoms with van der Waals surface area (Å²) in [5.41, 5.74) is 0. The van der Waals surface area contributed by atoms with Crippen LogP contribution in [0.2, 0.25) is 0 Å². The summed E-state index contributed by atoms with van der Waals surface area (Å²) < 4.78 is 4.71. The molecule has 1 rings (SSSR count). The Bertz CT molecular complexity index is 103. The van der Waals surface area contributed by atoms with Crippen molar-refractivity contribution in [3.05, 3.63) is 0 Å². The highest BCUT2D eigenvalue weighted by atomic mass is 16.6. The Hall–Kier alpha value is -0.610. The Labute approximate surface area is 46.6 Å². The predicted molar refractivity (Wildman–Crippen MR) is 24.1 cm³/mol. The summed E-state index contributed by atoms with van der Waals surface area (Å²) in [6.07, 6.45) is 0.288. The molecule has 46 valence electrons. The van der Waals surface area contributed by atoms with Gasteiger partial charge in [-0.2, -0.15) is 5.06 Å². The van der Waals surface area contributed by atoms with Crippen molar-refractivity contribution < 1.29 is 14.7 Å². The fraction of sp³-hybridized carbons (Fsp3) is 0.750. The van der Waals surface area contributed by atoms with Crippen LogP contribution in [-0.4, -0.2) is 29.5 Å². The summed E-state index contributed by atoms with van der Waals surface area (Å²) in [6.45, 7) is 0.439. The Morgan fingerprint density at radius 2 is 2.50 bits per heavy atom. The number of ether oxygens (including phenoxy) is 1. The lowest BCUT2D eigenvalue weighted by atomic mass is 10.4. The number of hydroxylamine groups is 2. The van der Waals surface area contributed by atoms with Crippen molar-refractivity contribution in [3.63, 3.8) is 0 Å². The first-order valence-corrected chi connectivity index (χ1v) is 2.37. The maximum absolute atomic E-state index is 10.4. The second kappa shape index (κ2) is 2.11. The summed E-state index contributed by atoms with van der Waals surface area (Å²) in [6, 6.07) is 0. The van der Waals surface area contributed by atoms with E-state index in [4.69, 9.17) is 9.94 Å². The summed E-state index contributed by atoms with van der Waals surface area (Å²) in [7, 11) is 0. The highest BCUT2D eigenvalue weighted by Crippen LogP contribution is 1.97. The number of hydrogen-bond donors (Lipinski definition) is 1. The predicted octanol–water partition coefficient (Wildman–Crippen LogP) is -0.418. The van der Waals surface area contributed by atoms with Gasteiger partial charge in [-0.25, -0.2) is 0 Å². The number of carbonyl (C=O) groups is 1. The minimum absolute atomic E-state index is 0.0127. The highest BCUT2D eigenvalue weighted by Gasteiger charge is 2.14. The second-order valence-electron chi connectivity index (χ2n) is 1.58. The molecule has 1 saturated heterocycles. The summed E-state index contributed by atoms with van der Waals surface area (Å²) in [5.74, 6) is -0.267. The first kappa shape index (κ1) is 5.53. The molecular weight excluding hydrogens is 110 g/mol. The van der Waals surface area contributed by atoms with Crippen LogP contribution in [0.15, 0.2) is 0 Å².